The Morgan fingerprint density at radius 3 is 2.81 bits per heavy atom. The smallest absolute Gasteiger partial charge is 0.315 e. The number of carboxylic acid groups (broad SMARTS) is 2. The van der Waals surface area contributed by atoms with Crippen LogP contribution in [0.15, 0.2) is 30.9 Å². The number of hydrogen-bond donors (Lipinski definition) is 2. The van der Waals surface area contributed by atoms with Gasteiger partial charge < -0.3 is 19.7 Å². The lowest BCUT2D eigenvalue weighted by atomic mass is 9.73. The fourth-order valence-corrected chi connectivity index (χ4v) is 2.46. The zero-order chi connectivity index (χ0) is 15.5. The molecule has 0 aromatic heterocycles. The molecule has 1 atom stereocenters. The van der Waals surface area contributed by atoms with E-state index in [1.165, 1.54) is 6.07 Å². The Labute approximate surface area is 121 Å². The molecule has 112 valence electrons. The van der Waals surface area contributed by atoms with E-state index < -0.39 is 23.8 Å². The summed E-state index contributed by atoms with van der Waals surface area (Å²) in [5.41, 5.74) is -1.15. The molecule has 1 aromatic carbocycles. The van der Waals surface area contributed by atoms with E-state index in [4.69, 9.17) is 14.6 Å². The average Bonchev–Trinajstić information content (AvgIpc) is 2.44. The van der Waals surface area contributed by atoms with Gasteiger partial charge in [0, 0.05) is 12.0 Å². The van der Waals surface area contributed by atoms with Gasteiger partial charge in [0.2, 0.25) is 0 Å². The van der Waals surface area contributed by atoms with Crippen molar-refractivity contribution in [1.82, 2.24) is 0 Å². The molecule has 0 amide bonds. The predicted octanol–water partition coefficient (Wildman–Crippen LogP) is 1.83. The van der Waals surface area contributed by atoms with E-state index in [1.54, 1.807) is 18.2 Å². The molecule has 6 nitrogen and oxygen atoms in total. The fourth-order valence-electron chi connectivity index (χ4n) is 2.46. The van der Waals surface area contributed by atoms with Crippen LogP contribution in [0.4, 0.5) is 0 Å². The standard InChI is InChI=1S/C15H16O6/c1-2-6-20-10-3-4-12-11(8-10)15(14(18)19,5-7-21-12)9-13(16)17/h2-4,8H,1,5-7,9H2,(H,16,17)(H,18,19). The molecule has 0 radical (unpaired) electrons. The summed E-state index contributed by atoms with van der Waals surface area (Å²) in [7, 11) is 0. The van der Waals surface area contributed by atoms with Gasteiger partial charge in [0.1, 0.15) is 23.5 Å². The van der Waals surface area contributed by atoms with E-state index in [2.05, 4.69) is 6.58 Å². The van der Waals surface area contributed by atoms with Gasteiger partial charge in [-0.1, -0.05) is 12.7 Å². The van der Waals surface area contributed by atoms with Gasteiger partial charge in [-0.3, -0.25) is 9.59 Å². The first-order valence-electron chi connectivity index (χ1n) is 6.46. The second-order valence-corrected chi connectivity index (χ2v) is 4.81. The zero-order valence-electron chi connectivity index (χ0n) is 11.4. The van der Waals surface area contributed by atoms with Crippen LogP contribution in [0, 0.1) is 0 Å². The number of ether oxygens (including phenoxy) is 2. The van der Waals surface area contributed by atoms with E-state index in [9.17, 15) is 14.7 Å². The van der Waals surface area contributed by atoms with Crippen molar-refractivity contribution < 1.29 is 29.3 Å². The van der Waals surface area contributed by atoms with Crippen molar-refractivity contribution in [2.45, 2.75) is 18.3 Å². The minimum Gasteiger partial charge on any atom is -0.493 e. The van der Waals surface area contributed by atoms with Crippen LogP contribution in [0.5, 0.6) is 11.5 Å². The minimum absolute atomic E-state index is 0.104. The first-order chi connectivity index (χ1) is 9.99. The highest BCUT2D eigenvalue weighted by Crippen LogP contribution is 2.43. The molecule has 0 spiro atoms. The molecular weight excluding hydrogens is 276 g/mol. The normalized spacial score (nSPS) is 20.0. The van der Waals surface area contributed by atoms with Gasteiger partial charge in [0.25, 0.3) is 0 Å². The molecule has 1 unspecified atom stereocenters. The van der Waals surface area contributed by atoms with Crippen molar-refractivity contribution in [2.75, 3.05) is 13.2 Å². The highest BCUT2D eigenvalue weighted by molar-refractivity contribution is 5.88. The maximum absolute atomic E-state index is 11.7. The Morgan fingerprint density at radius 1 is 1.43 bits per heavy atom. The third-order valence-electron chi connectivity index (χ3n) is 3.48. The van der Waals surface area contributed by atoms with Gasteiger partial charge in [-0.2, -0.15) is 0 Å². The topological polar surface area (TPSA) is 93.1 Å². The number of carboxylic acids is 2. The van der Waals surface area contributed by atoms with Gasteiger partial charge in [-0.25, -0.2) is 0 Å². The third-order valence-corrected chi connectivity index (χ3v) is 3.48. The monoisotopic (exact) mass is 292 g/mol. The van der Waals surface area contributed by atoms with Crippen molar-refractivity contribution >= 4 is 11.9 Å². The molecule has 21 heavy (non-hydrogen) atoms. The lowest BCUT2D eigenvalue weighted by Crippen LogP contribution is -2.42. The number of benzene rings is 1. The Hall–Kier alpha value is -2.50. The first-order valence-corrected chi connectivity index (χ1v) is 6.46. The molecule has 0 fully saturated rings. The van der Waals surface area contributed by atoms with Crippen LogP contribution in [0.25, 0.3) is 0 Å². The molecule has 6 heteroatoms. The quantitative estimate of drug-likeness (QED) is 0.777. The first kappa shape index (κ1) is 14.9. The number of hydrogen-bond acceptors (Lipinski definition) is 4. The maximum Gasteiger partial charge on any atom is 0.315 e. The largest absolute Gasteiger partial charge is 0.493 e. The fraction of sp³-hybridized carbons (Fsp3) is 0.333. The molecule has 0 aliphatic carbocycles. The molecule has 1 aromatic rings. The summed E-state index contributed by atoms with van der Waals surface area (Å²) in [6.07, 6.45) is 1.17. The molecule has 0 bridgehead atoms. The SMILES string of the molecule is C=CCOc1ccc2c(c1)C(CC(=O)O)(C(=O)O)CCO2. The summed E-state index contributed by atoms with van der Waals surface area (Å²) < 4.78 is 10.8. The Bertz CT molecular complexity index is 580. The number of carbonyl (C=O) groups is 2. The molecule has 0 saturated heterocycles. The Morgan fingerprint density at radius 2 is 2.19 bits per heavy atom. The van der Waals surface area contributed by atoms with Crippen LogP contribution in [-0.2, 0) is 15.0 Å². The van der Waals surface area contributed by atoms with E-state index in [1.807, 2.05) is 0 Å². The summed E-state index contributed by atoms with van der Waals surface area (Å²) in [4.78, 5) is 22.8. The molecular formula is C15H16O6. The number of rotatable bonds is 6. The van der Waals surface area contributed by atoms with Crippen LogP contribution in [-0.4, -0.2) is 35.4 Å². The Balaban J connectivity index is 2.49. The third kappa shape index (κ3) is 2.84. The highest BCUT2D eigenvalue weighted by atomic mass is 16.5. The van der Waals surface area contributed by atoms with Crippen LogP contribution < -0.4 is 9.47 Å². The second-order valence-electron chi connectivity index (χ2n) is 4.81. The van der Waals surface area contributed by atoms with Crippen LogP contribution in [0.3, 0.4) is 0 Å². The summed E-state index contributed by atoms with van der Waals surface area (Å²) in [5.74, 6) is -1.50. The second kappa shape index (κ2) is 5.87. The molecule has 2 N–H and O–H groups in total. The van der Waals surface area contributed by atoms with Crippen molar-refractivity contribution in [2.24, 2.45) is 0 Å². The van der Waals surface area contributed by atoms with Crippen molar-refractivity contribution in [3.05, 3.63) is 36.4 Å². The lowest BCUT2D eigenvalue weighted by molar-refractivity contribution is -0.151. The molecule has 1 aliphatic rings. The van der Waals surface area contributed by atoms with Crippen LogP contribution >= 0.6 is 0 Å². The van der Waals surface area contributed by atoms with E-state index in [-0.39, 0.29) is 19.6 Å². The van der Waals surface area contributed by atoms with E-state index in [0.717, 1.165) is 0 Å². The van der Waals surface area contributed by atoms with Gasteiger partial charge in [-0.15, -0.1) is 0 Å². The maximum atomic E-state index is 11.7. The lowest BCUT2D eigenvalue weighted by Gasteiger charge is -2.34. The number of fused-ring (bicyclic) bond motifs is 1. The zero-order valence-corrected chi connectivity index (χ0v) is 11.4. The molecule has 1 heterocycles. The summed E-state index contributed by atoms with van der Waals surface area (Å²) in [5, 5.41) is 18.6. The summed E-state index contributed by atoms with van der Waals surface area (Å²) in [6.45, 7) is 3.98. The van der Waals surface area contributed by atoms with Crippen molar-refractivity contribution in [1.29, 1.82) is 0 Å². The van der Waals surface area contributed by atoms with Gasteiger partial charge in [0.15, 0.2) is 0 Å². The van der Waals surface area contributed by atoms with E-state index >= 15 is 0 Å². The van der Waals surface area contributed by atoms with Crippen molar-refractivity contribution in [3.63, 3.8) is 0 Å². The average molecular weight is 292 g/mol. The van der Waals surface area contributed by atoms with Crippen LogP contribution in [0.2, 0.25) is 0 Å². The number of aliphatic carboxylic acids is 2. The molecule has 1 aliphatic heterocycles. The van der Waals surface area contributed by atoms with Gasteiger partial charge >= 0.3 is 11.9 Å². The Kier molecular flexibility index (Phi) is 4.16. The van der Waals surface area contributed by atoms with Gasteiger partial charge in [-0.05, 0) is 18.2 Å². The predicted molar refractivity (Wildman–Crippen MR) is 73.8 cm³/mol. The highest BCUT2D eigenvalue weighted by Gasteiger charge is 2.46. The van der Waals surface area contributed by atoms with Crippen molar-refractivity contribution in [3.8, 4) is 11.5 Å². The summed E-state index contributed by atoms with van der Waals surface area (Å²) >= 11 is 0. The van der Waals surface area contributed by atoms with E-state index in [0.29, 0.717) is 17.1 Å². The summed E-state index contributed by atoms with van der Waals surface area (Å²) in [6, 6.07) is 4.79. The minimum atomic E-state index is -1.49. The molecule has 0 saturated carbocycles. The molecule has 2 rings (SSSR count). The van der Waals surface area contributed by atoms with Gasteiger partial charge in [0.05, 0.1) is 13.0 Å². The van der Waals surface area contributed by atoms with Crippen LogP contribution in [0.1, 0.15) is 18.4 Å².